The fourth-order valence-corrected chi connectivity index (χ4v) is 4.66. The van der Waals surface area contributed by atoms with Crippen LogP contribution in [0.15, 0.2) is 39.8 Å². The summed E-state index contributed by atoms with van der Waals surface area (Å²) in [7, 11) is 2.07. The van der Waals surface area contributed by atoms with Crippen molar-refractivity contribution in [3.63, 3.8) is 0 Å². The van der Waals surface area contributed by atoms with Crippen LogP contribution >= 0.6 is 11.3 Å². The van der Waals surface area contributed by atoms with E-state index in [9.17, 15) is 4.79 Å². The zero-order valence-electron chi connectivity index (χ0n) is 14.8. The molecule has 1 unspecified atom stereocenters. The van der Waals surface area contributed by atoms with Gasteiger partial charge in [-0.15, -0.1) is 11.3 Å². The first-order valence-corrected chi connectivity index (χ1v) is 9.71. The van der Waals surface area contributed by atoms with Gasteiger partial charge in [0.2, 0.25) is 0 Å². The molecule has 1 spiro atoms. The fraction of sp³-hybridized carbons (Fsp3) is 0.389. The largest absolute Gasteiger partial charge is 0.336 e. The van der Waals surface area contributed by atoms with Gasteiger partial charge in [-0.25, -0.2) is 4.98 Å². The van der Waals surface area contributed by atoms with E-state index in [0.717, 1.165) is 26.1 Å². The molecular weight excluding hydrogens is 364 g/mol. The minimum Gasteiger partial charge on any atom is -0.336 e. The Morgan fingerprint density at radius 2 is 2.19 bits per heavy atom. The Kier molecular flexibility index (Phi) is 3.80. The SMILES string of the molecule is CN1CC2(CC1c1noc(-c3ccccn3)n1)CN(C(=O)c1cscn1)C2. The van der Waals surface area contributed by atoms with Crippen LogP contribution < -0.4 is 0 Å². The second-order valence-corrected chi connectivity index (χ2v) is 8.06. The van der Waals surface area contributed by atoms with Gasteiger partial charge in [0.05, 0.1) is 11.6 Å². The third-order valence-electron chi connectivity index (χ3n) is 5.36. The van der Waals surface area contributed by atoms with Gasteiger partial charge in [0.1, 0.15) is 11.4 Å². The van der Waals surface area contributed by atoms with Crippen LogP contribution in [0.5, 0.6) is 0 Å². The molecule has 8 nitrogen and oxygen atoms in total. The lowest BCUT2D eigenvalue weighted by Crippen LogP contribution is -2.59. The fourth-order valence-electron chi connectivity index (χ4n) is 4.14. The molecule has 2 saturated heterocycles. The van der Waals surface area contributed by atoms with Gasteiger partial charge in [-0.3, -0.25) is 14.7 Å². The van der Waals surface area contributed by atoms with Gasteiger partial charge in [0.15, 0.2) is 5.82 Å². The maximum absolute atomic E-state index is 12.4. The highest BCUT2D eigenvalue weighted by Crippen LogP contribution is 2.47. The normalized spacial score (nSPS) is 21.5. The average molecular weight is 382 g/mol. The molecule has 0 radical (unpaired) electrons. The van der Waals surface area contributed by atoms with E-state index in [0.29, 0.717) is 23.1 Å². The number of carbonyl (C=O) groups is 1. The maximum Gasteiger partial charge on any atom is 0.276 e. The summed E-state index contributed by atoms with van der Waals surface area (Å²) < 4.78 is 5.42. The molecule has 1 atom stereocenters. The molecule has 5 heterocycles. The second kappa shape index (κ2) is 6.21. The van der Waals surface area contributed by atoms with Crippen LogP contribution in [0.4, 0.5) is 0 Å². The third-order valence-corrected chi connectivity index (χ3v) is 5.94. The van der Waals surface area contributed by atoms with E-state index in [2.05, 4.69) is 32.1 Å². The molecule has 3 aromatic rings. The molecule has 0 saturated carbocycles. The molecule has 1 amide bonds. The summed E-state index contributed by atoms with van der Waals surface area (Å²) in [5, 5.41) is 5.99. The number of likely N-dealkylation sites (tertiary alicyclic amines) is 2. The summed E-state index contributed by atoms with van der Waals surface area (Å²) >= 11 is 1.44. The maximum atomic E-state index is 12.4. The first kappa shape index (κ1) is 16.5. The summed E-state index contributed by atoms with van der Waals surface area (Å²) in [6, 6.07) is 5.68. The Hall–Kier alpha value is -2.65. The molecular formula is C18H18N6O2S. The number of pyridine rings is 1. The lowest BCUT2D eigenvalue weighted by Gasteiger charge is -2.47. The van der Waals surface area contributed by atoms with Crippen LogP contribution in [0.25, 0.3) is 11.6 Å². The van der Waals surface area contributed by atoms with Crippen molar-refractivity contribution in [3.05, 3.63) is 46.8 Å². The van der Waals surface area contributed by atoms with E-state index in [1.807, 2.05) is 23.1 Å². The van der Waals surface area contributed by atoms with Crippen LogP contribution in [-0.2, 0) is 0 Å². The highest BCUT2D eigenvalue weighted by atomic mass is 32.1. The topological polar surface area (TPSA) is 88.3 Å². The monoisotopic (exact) mass is 382 g/mol. The molecule has 138 valence electrons. The van der Waals surface area contributed by atoms with Crippen molar-refractivity contribution >= 4 is 17.2 Å². The molecule has 27 heavy (non-hydrogen) atoms. The number of hydrogen-bond donors (Lipinski definition) is 0. The zero-order chi connectivity index (χ0) is 18.4. The average Bonchev–Trinajstić information content (AvgIpc) is 3.40. The summed E-state index contributed by atoms with van der Waals surface area (Å²) in [4.78, 5) is 29.5. The molecule has 5 rings (SSSR count). The number of rotatable bonds is 3. The van der Waals surface area contributed by atoms with Gasteiger partial charge in [0, 0.05) is 36.6 Å². The quantitative estimate of drug-likeness (QED) is 0.685. The number of carbonyl (C=O) groups excluding carboxylic acids is 1. The lowest BCUT2D eigenvalue weighted by molar-refractivity contribution is 0.0111. The Morgan fingerprint density at radius 1 is 1.30 bits per heavy atom. The van der Waals surface area contributed by atoms with Crippen LogP contribution in [0, 0.1) is 5.41 Å². The number of nitrogens with zero attached hydrogens (tertiary/aromatic N) is 6. The van der Waals surface area contributed by atoms with Crippen LogP contribution in [0.2, 0.25) is 0 Å². The second-order valence-electron chi connectivity index (χ2n) is 7.34. The molecule has 9 heteroatoms. The predicted octanol–water partition coefficient (Wildman–Crippen LogP) is 2.11. The molecule has 0 aromatic carbocycles. The minimum atomic E-state index is 0.0185. The number of aromatic nitrogens is 4. The molecule has 3 aromatic heterocycles. The van der Waals surface area contributed by atoms with Crippen molar-refractivity contribution in [1.29, 1.82) is 0 Å². The van der Waals surface area contributed by atoms with Gasteiger partial charge in [-0.05, 0) is 25.6 Å². The van der Waals surface area contributed by atoms with Gasteiger partial charge in [-0.1, -0.05) is 11.2 Å². The van der Waals surface area contributed by atoms with E-state index in [1.54, 1.807) is 17.1 Å². The van der Waals surface area contributed by atoms with E-state index >= 15 is 0 Å². The van der Waals surface area contributed by atoms with E-state index in [4.69, 9.17) is 4.52 Å². The Bertz CT molecular complexity index is 951. The predicted molar refractivity (Wildman–Crippen MR) is 98.0 cm³/mol. The molecule has 2 aliphatic heterocycles. The molecule has 0 aliphatic carbocycles. The standard InChI is InChI=1S/C18H18N6O2S/c1-23-8-18(9-24(10-18)17(25)13-7-27-11-20-13)6-14(23)15-21-16(26-22-15)12-4-2-3-5-19-12/h2-5,7,11,14H,6,8-10H2,1H3. The Balaban J connectivity index is 1.29. The van der Waals surface area contributed by atoms with Crippen molar-refractivity contribution in [2.45, 2.75) is 12.5 Å². The van der Waals surface area contributed by atoms with Gasteiger partial charge < -0.3 is 9.42 Å². The first-order chi connectivity index (χ1) is 13.1. The summed E-state index contributed by atoms with van der Waals surface area (Å²) in [5.41, 5.74) is 3.00. The number of hydrogen-bond acceptors (Lipinski definition) is 8. The lowest BCUT2D eigenvalue weighted by atomic mass is 9.77. The zero-order valence-corrected chi connectivity index (χ0v) is 15.6. The highest BCUT2D eigenvalue weighted by molar-refractivity contribution is 7.07. The third kappa shape index (κ3) is 2.83. The summed E-state index contributed by atoms with van der Waals surface area (Å²) in [5.74, 6) is 1.14. The van der Waals surface area contributed by atoms with Crippen LogP contribution in [-0.4, -0.2) is 62.5 Å². The summed E-state index contributed by atoms with van der Waals surface area (Å²) in [6.07, 6.45) is 2.61. The Morgan fingerprint density at radius 3 is 2.93 bits per heavy atom. The number of thiazole rings is 1. The van der Waals surface area contributed by atoms with E-state index < -0.39 is 0 Å². The van der Waals surface area contributed by atoms with Gasteiger partial charge in [-0.2, -0.15) is 4.98 Å². The molecule has 0 bridgehead atoms. The van der Waals surface area contributed by atoms with Gasteiger partial charge in [0.25, 0.3) is 11.8 Å². The van der Waals surface area contributed by atoms with Gasteiger partial charge >= 0.3 is 0 Å². The minimum absolute atomic E-state index is 0.0185. The van der Waals surface area contributed by atoms with Crippen molar-refractivity contribution in [1.82, 2.24) is 29.9 Å². The van der Waals surface area contributed by atoms with E-state index in [-0.39, 0.29) is 17.4 Å². The first-order valence-electron chi connectivity index (χ1n) is 8.76. The van der Waals surface area contributed by atoms with Crippen molar-refractivity contribution in [2.24, 2.45) is 5.41 Å². The molecule has 2 fully saturated rings. The van der Waals surface area contributed by atoms with Crippen molar-refractivity contribution in [2.75, 3.05) is 26.7 Å². The van der Waals surface area contributed by atoms with Crippen LogP contribution in [0.1, 0.15) is 28.8 Å². The van der Waals surface area contributed by atoms with E-state index in [1.165, 1.54) is 11.3 Å². The number of amides is 1. The highest BCUT2D eigenvalue weighted by Gasteiger charge is 2.53. The molecule has 0 N–H and O–H groups in total. The van der Waals surface area contributed by atoms with Crippen LogP contribution in [0.3, 0.4) is 0 Å². The van der Waals surface area contributed by atoms with Crippen molar-refractivity contribution in [3.8, 4) is 11.6 Å². The summed E-state index contributed by atoms with van der Waals surface area (Å²) in [6.45, 7) is 2.40. The smallest absolute Gasteiger partial charge is 0.276 e. The Labute approximate surface area is 159 Å². The van der Waals surface area contributed by atoms with Crippen molar-refractivity contribution < 1.29 is 9.32 Å². The molecule has 2 aliphatic rings.